The average molecular weight is 400 g/mol. The molecule has 0 radical (unpaired) electrons. The Balaban J connectivity index is 1.65. The SMILES string of the molecule is COc1ccc(C(=O)NCc2nc(-c3ccc(C(C)(C)C)cc3)no2)cc1Cl. The van der Waals surface area contributed by atoms with E-state index in [1.165, 1.54) is 12.7 Å². The van der Waals surface area contributed by atoms with Crippen molar-refractivity contribution in [2.45, 2.75) is 32.7 Å². The van der Waals surface area contributed by atoms with Gasteiger partial charge >= 0.3 is 0 Å². The minimum absolute atomic E-state index is 0.0789. The van der Waals surface area contributed by atoms with Gasteiger partial charge in [0.05, 0.1) is 18.7 Å². The number of aromatic nitrogens is 2. The first kappa shape index (κ1) is 19.9. The monoisotopic (exact) mass is 399 g/mol. The number of rotatable bonds is 5. The maximum Gasteiger partial charge on any atom is 0.251 e. The van der Waals surface area contributed by atoms with Crippen molar-refractivity contribution in [3.8, 4) is 17.1 Å². The lowest BCUT2D eigenvalue weighted by Gasteiger charge is -2.18. The summed E-state index contributed by atoms with van der Waals surface area (Å²) < 4.78 is 10.3. The van der Waals surface area contributed by atoms with Crippen LogP contribution in [0.5, 0.6) is 5.75 Å². The largest absolute Gasteiger partial charge is 0.495 e. The lowest BCUT2D eigenvalue weighted by Crippen LogP contribution is -2.22. The van der Waals surface area contributed by atoms with Gasteiger partial charge in [-0.1, -0.05) is 61.8 Å². The molecule has 146 valence electrons. The topological polar surface area (TPSA) is 77.2 Å². The van der Waals surface area contributed by atoms with Crippen LogP contribution >= 0.6 is 11.6 Å². The molecule has 0 unspecified atom stereocenters. The van der Waals surface area contributed by atoms with Gasteiger partial charge in [0, 0.05) is 11.1 Å². The van der Waals surface area contributed by atoms with Gasteiger partial charge in [0.15, 0.2) is 0 Å². The minimum Gasteiger partial charge on any atom is -0.495 e. The molecule has 1 N–H and O–H groups in total. The van der Waals surface area contributed by atoms with Crippen molar-refractivity contribution in [3.05, 3.63) is 64.5 Å². The number of carbonyl (C=O) groups excluding carboxylic acids is 1. The Morgan fingerprint density at radius 2 is 1.89 bits per heavy atom. The molecule has 0 aliphatic heterocycles. The number of hydrogen-bond donors (Lipinski definition) is 1. The van der Waals surface area contributed by atoms with Crippen LogP contribution in [0.1, 0.15) is 42.6 Å². The number of benzene rings is 2. The van der Waals surface area contributed by atoms with E-state index in [4.69, 9.17) is 20.9 Å². The summed E-state index contributed by atoms with van der Waals surface area (Å²) in [5.41, 5.74) is 2.58. The number of nitrogens with zero attached hydrogens (tertiary/aromatic N) is 2. The molecule has 0 saturated carbocycles. The lowest BCUT2D eigenvalue weighted by molar-refractivity contribution is 0.0946. The smallest absolute Gasteiger partial charge is 0.251 e. The molecule has 0 aliphatic rings. The van der Waals surface area contributed by atoms with E-state index in [1.54, 1.807) is 18.2 Å². The molecule has 28 heavy (non-hydrogen) atoms. The van der Waals surface area contributed by atoms with Gasteiger partial charge in [0.1, 0.15) is 5.75 Å². The fraction of sp³-hybridized carbons (Fsp3) is 0.286. The van der Waals surface area contributed by atoms with Crippen LogP contribution in [0.15, 0.2) is 47.0 Å². The number of halogens is 1. The Morgan fingerprint density at radius 3 is 2.50 bits per heavy atom. The van der Waals surface area contributed by atoms with Gasteiger partial charge in [-0.15, -0.1) is 0 Å². The molecule has 1 heterocycles. The lowest BCUT2D eigenvalue weighted by atomic mass is 9.87. The van der Waals surface area contributed by atoms with E-state index >= 15 is 0 Å². The summed E-state index contributed by atoms with van der Waals surface area (Å²) in [7, 11) is 1.52. The zero-order valence-electron chi connectivity index (χ0n) is 16.2. The van der Waals surface area contributed by atoms with Gasteiger partial charge in [0.2, 0.25) is 11.7 Å². The molecular weight excluding hydrogens is 378 g/mol. The summed E-state index contributed by atoms with van der Waals surface area (Å²) in [5.74, 6) is 1.02. The Kier molecular flexibility index (Phi) is 5.70. The van der Waals surface area contributed by atoms with E-state index in [2.05, 4.69) is 48.4 Å². The van der Waals surface area contributed by atoms with Crippen LogP contribution in [0.25, 0.3) is 11.4 Å². The number of nitrogens with one attached hydrogen (secondary N) is 1. The number of amides is 1. The van der Waals surface area contributed by atoms with Gasteiger partial charge in [-0.05, 0) is 29.2 Å². The highest BCUT2D eigenvalue weighted by atomic mass is 35.5. The summed E-state index contributed by atoms with van der Waals surface area (Å²) in [5, 5.41) is 7.10. The Hall–Kier alpha value is -2.86. The van der Waals surface area contributed by atoms with Crippen molar-refractivity contribution in [1.82, 2.24) is 15.5 Å². The predicted molar refractivity (Wildman–Crippen MR) is 108 cm³/mol. The summed E-state index contributed by atoms with van der Waals surface area (Å²) in [4.78, 5) is 16.6. The molecule has 0 aliphatic carbocycles. The summed E-state index contributed by atoms with van der Waals surface area (Å²) in [6, 6.07) is 12.9. The highest BCUT2D eigenvalue weighted by molar-refractivity contribution is 6.32. The van der Waals surface area contributed by atoms with Crippen LogP contribution in [0.3, 0.4) is 0 Å². The van der Waals surface area contributed by atoms with Crippen LogP contribution in [-0.4, -0.2) is 23.2 Å². The quantitative estimate of drug-likeness (QED) is 0.677. The second-order valence-electron chi connectivity index (χ2n) is 7.37. The molecule has 0 fully saturated rings. The first-order valence-corrected chi connectivity index (χ1v) is 9.21. The fourth-order valence-corrected chi connectivity index (χ4v) is 2.89. The van der Waals surface area contributed by atoms with Crippen LogP contribution in [0.4, 0.5) is 0 Å². The molecule has 2 aromatic carbocycles. The third kappa shape index (κ3) is 4.51. The van der Waals surface area contributed by atoms with E-state index in [1.807, 2.05) is 12.1 Å². The Morgan fingerprint density at radius 1 is 1.18 bits per heavy atom. The van der Waals surface area contributed by atoms with Crippen molar-refractivity contribution in [3.63, 3.8) is 0 Å². The summed E-state index contributed by atoms with van der Waals surface area (Å²) >= 11 is 6.06. The molecule has 3 rings (SSSR count). The molecule has 7 heteroatoms. The number of ether oxygens (including phenoxy) is 1. The van der Waals surface area contributed by atoms with Crippen molar-refractivity contribution in [2.24, 2.45) is 0 Å². The van der Waals surface area contributed by atoms with Gasteiger partial charge in [-0.2, -0.15) is 4.98 Å². The molecule has 0 atom stereocenters. The van der Waals surface area contributed by atoms with E-state index in [0.717, 1.165) is 5.56 Å². The molecule has 0 saturated heterocycles. The minimum atomic E-state index is -0.293. The van der Waals surface area contributed by atoms with Crippen LogP contribution in [0, 0.1) is 0 Å². The Bertz CT molecular complexity index is 975. The average Bonchev–Trinajstić information content (AvgIpc) is 3.14. The maximum absolute atomic E-state index is 12.3. The molecule has 1 amide bonds. The molecular formula is C21H22ClN3O3. The zero-order valence-corrected chi connectivity index (χ0v) is 17.0. The second-order valence-corrected chi connectivity index (χ2v) is 7.78. The third-order valence-corrected chi connectivity index (χ3v) is 4.59. The first-order valence-electron chi connectivity index (χ1n) is 8.83. The number of methoxy groups -OCH3 is 1. The van der Waals surface area contributed by atoms with E-state index in [-0.39, 0.29) is 17.9 Å². The van der Waals surface area contributed by atoms with E-state index in [0.29, 0.717) is 28.1 Å². The van der Waals surface area contributed by atoms with Crippen LogP contribution < -0.4 is 10.1 Å². The van der Waals surface area contributed by atoms with Crippen LogP contribution in [0.2, 0.25) is 5.02 Å². The van der Waals surface area contributed by atoms with Crippen molar-refractivity contribution in [2.75, 3.05) is 7.11 Å². The van der Waals surface area contributed by atoms with Gasteiger partial charge in [-0.25, -0.2) is 0 Å². The molecule has 1 aromatic heterocycles. The molecule has 0 bridgehead atoms. The fourth-order valence-electron chi connectivity index (χ4n) is 2.63. The van der Waals surface area contributed by atoms with Gasteiger partial charge in [-0.3, -0.25) is 4.79 Å². The van der Waals surface area contributed by atoms with Gasteiger partial charge < -0.3 is 14.6 Å². The van der Waals surface area contributed by atoms with E-state index < -0.39 is 0 Å². The highest BCUT2D eigenvalue weighted by Gasteiger charge is 2.15. The third-order valence-electron chi connectivity index (χ3n) is 4.29. The molecule has 3 aromatic rings. The first-order chi connectivity index (χ1) is 13.3. The van der Waals surface area contributed by atoms with Crippen molar-refractivity contribution in [1.29, 1.82) is 0 Å². The standard InChI is InChI=1S/C21H22ClN3O3/c1-21(2,3)15-8-5-13(6-9-15)19-24-18(28-25-19)12-23-20(26)14-7-10-17(27-4)16(22)11-14/h5-11H,12H2,1-4H3,(H,23,26). The predicted octanol–water partition coefficient (Wildman–Crippen LogP) is 4.63. The van der Waals surface area contributed by atoms with E-state index in [9.17, 15) is 4.79 Å². The maximum atomic E-state index is 12.3. The summed E-state index contributed by atoms with van der Waals surface area (Å²) in [6.45, 7) is 6.60. The molecule has 6 nitrogen and oxygen atoms in total. The zero-order chi connectivity index (χ0) is 20.3. The van der Waals surface area contributed by atoms with Crippen molar-refractivity contribution < 1.29 is 14.1 Å². The second kappa shape index (κ2) is 8.02. The Labute approximate surface area is 168 Å². The van der Waals surface area contributed by atoms with Gasteiger partial charge in [0.25, 0.3) is 5.91 Å². The number of hydrogen-bond acceptors (Lipinski definition) is 5. The summed E-state index contributed by atoms with van der Waals surface area (Å²) in [6.07, 6.45) is 0. The van der Waals surface area contributed by atoms with Crippen LogP contribution in [-0.2, 0) is 12.0 Å². The highest BCUT2D eigenvalue weighted by Crippen LogP contribution is 2.26. The molecule has 0 spiro atoms. The number of carbonyl (C=O) groups is 1. The van der Waals surface area contributed by atoms with Crippen molar-refractivity contribution >= 4 is 17.5 Å². The normalized spacial score (nSPS) is 11.3.